The van der Waals surface area contributed by atoms with Gasteiger partial charge >= 0.3 is 0 Å². The number of hydrogen-bond acceptors (Lipinski definition) is 6. The van der Waals surface area contributed by atoms with E-state index in [9.17, 15) is 4.79 Å². The Labute approximate surface area is 119 Å². The fourth-order valence-electron chi connectivity index (χ4n) is 1.47. The van der Waals surface area contributed by atoms with Gasteiger partial charge in [-0.25, -0.2) is 4.98 Å². The van der Waals surface area contributed by atoms with Crippen LogP contribution in [0.4, 0.5) is 0 Å². The van der Waals surface area contributed by atoms with Crippen LogP contribution < -0.4 is 11.1 Å². The van der Waals surface area contributed by atoms with Crippen LogP contribution >= 0.6 is 11.3 Å². The molecule has 0 unspecified atom stereocenters. The molecular formula is C12H13N5O2S. The van der Waals surface area contributed by atoms with Gasteiger partial charge in [0.25, 0.3) is 5.91 Å². The normalized spacial score (nSPS) is 11.3. The van der Waals surface area contributed by atoms with Gasteiger partial charge in [-0.1, -0.05) is 5.16 Å². The summed E-state index contributed by atoms with van der Waals surface area (Å²) < 4.78 is 0. The number of hydrogen-bond donors (Lipinski definition) is 3. The minimum absolute atomic E-state index is 0.0530. The van der Waals surface area contributed by atoms with Gasteiger partial charge in [0, 0.05) is 22.8 Å². The maximum Gasteiger partial charge on any atom is 0.270 e. The Kier molecular flexibility index (Phi) is 4.26. The molecule has 0 saturated heterocycles. The van der Waals surface area contributed by atoms with Crippen molar-refractivity contribution in [3.05, 3.63) is 45.7 Å². The lowest BCUT2D eigenvalue weighted by atomic mass is 10.2. The number of amidine groups is 1. The number of carbonyl (C=O) groups is 1. The number of amides is 1. The quantitative estimate of drug-likeness (QED) is 0.335. The van der Waals surface area contributed by atoms with Crippen molar-refractivity contribution >= 4 is 23.1 Å². The van der Waals surface area contributed by atoms with E-state index in [4.69, 9.17) is 10.9 Å². The summed E-state index contributed by atoms with van der Waals surface area (Å²) in [5.74, 6) is -0.355. The lowest BCUT2D eigenvalue weighted by molar-refractivity contribution is 0.0946. The molecule has 0 aliphatic carbocycles. The largest absolute Gasteiger partial charge is 0.409 e. The molecule has 104 valence electrons. The fraction of sp³-hybridized carbons (Fsp3) is 0.167. The van der Waals surface area contributed by atoms with Crippen molar-refractivity contribution in [3.8, 4) is 0 Å². The first-order valence-corrected chi connectivity index (χ1v) is 6.61. The highest BCUT2D eigenvalue weighted by Gasteiger charge is 2.09. The second kappa shape index (κ2) is 6.11. The lowest BCUT2D eigenvalue weighted by Gasteiger charge is -2.03. The molecule has 7 nitrogen and oxygen atoms in total. The average molecular weight is 291 g/mol. The zero-order chi connectivity index (χ0) is 14.5. The minimum Gasteiger partial charge on any atom is -0.409 e. The fourth-order valence-corrected chi connectivity index (χ4v) is 2.18. The number of aromatic nitrogens is 2. The van der Waals surface area contributed by atoms with Gasteiger partial charge in [-0.3, -0.25) is 9.78 Å². The molecular weight excluding hydrogens is 278 g/mol. The van der Waals surface area contributed by atoms with Gasteiger partial charge in [-0.2, -0.15) is 0 Å². The van der Waals surface area contributed by atoms with Gasteiger partial charge in [0.05, 0.1) is 6.54 Å². The van der Waals surface area contributed by atoms with E-state index >= 15 is 0 Å². The van der Waals surface area contributed by atoms with Gasteiger partial charge in [0.1, 0.15) is 10.7 Å². The third kappa shape index (κ3) is 3.29. The zero-order valence-corrected chi connectivity index (χ0v) is 11.5. The Hall–Kier alpha value is -2.48. The molecule has 1 amide bonds. The number of rotatable bonds is 4. The van der Waals surface area contributed by atoms with Crippen LogP contribution in [0, 0.1) is 6.92 Å². The van der Waals surface area contributed by atoms with Crippen LogP contribution in [-0.2, 0) is 6.54 Å². The summed E-state index contributed by atoms with van der Waals surface area (Å²) >= 11 is 1.49. The predicted octanol–water partition coefficient (Wildman–Crippen LogP) is 0.871. The SMILES string of the molecule is Cc1csc(CNC(=O)c2ccc(C(N)=NO)cn2)n1. The summed E-state index contributed by atoms with van der Waals surface area (Å²) in [4.78, 5) is 20.1. The summed E-state index contributed by atoms with van der Waals surface area (Å²) in [6.07, 6.45) is 1.37. The van der Waals surface area contributed by atoms with Crippen LogP contribution in [-0.4, -0.2) is 26.9 Å². The van der Waals surface area contributed by atoms with E-state index in [1.807, 2.05) is 12.3 Å². The molecule has 8 heteroatoms. The standard InChI is InChI=1S/C12H13N5O2S/c1-7-6-20-10(16-7)5-15-12(18)9-3-2-8(4-14-9)11(13)17-19/h2-4,6,19H,5H2,1H3,(H2,13,17)(H,15,18). The molecule has 2 heterocycles. The maximum absolute atomic E-state index is 11.9. The number of carbonyl (C=O) groups excluding carboxylic acids is 1. The van der Waals surface area contributed by atoms with E-state index in [0.29, 0.717) is 12.1 Å². The summed E-state index contributed by atoms with van der Waals surface area (Å²) in [7, 11) is 0. The number of nitrogens with one attached hydrogen (secondary N) is 1. The van der Waals surface area contributed by atoms with E-state index < -0.39 is 0 Å². The van der Waals surface area contributed by atoms with Crippen LogP contribution in [0.1, 0.15) is 26.8 Å². The first-order chi connectivity index (χ1) is 9.60. The van der Waals surface area contributed by atoms with Gasteiger partial charge in [-0.05, 0) is 19.1 Å². The van der Waals surface area contributed by atoms with Gasteiger partial charge in [0.2, 0.25) is 0 Å². The van der Waals surface area contributed by atoms with Crippen molar-refractivity contribution in [2.75, 3.05) is 0 Å². The van der Waals surface area contributed by atoms with E-state index in [0.717, 1.165) is 10.7 Å². The van der Waals surface area contributed by atoms with E-state index in [2.05, 4.69) is 20.4 Å². The molecule has 0 saturated carbocycles. The molecule has 0 fully saturated rings. The van der Waals surface area contributed by atoms with Crippen molar-refractivity contribution in [1.82, 2.24) is 15.3 Å². The Morgan fingerprint density at radius 1 is 1.55 bits per heavy atom. The Morgan fingerprint density at radius 3 is 2.90 bits per heavy atom. The number of pyridine rings is 1. The number of oxime groups is 1. The zero-order valence-electron chi connectivity index (χ0n) is 10.7. The molecule has 0 atom stereocenters. The van der Waals surface area contributed by atoms with Gasteiger partial charge in [0.15, 0.2) is 5.84 Å². The molecule has 0 spiro atoms. The molecule has 0 bridgehead atoms. The summed E-state index contributed by atoms with van der Waals surface area (Å²) in [6.45, 7) is 2.26. The van der Waals surface area contributed by atoms with E-state index in [-0.39, 0.29) is 17.4 Å². The molecule has 2 rings (SSSR count). The first-order valence-electron chi connectivity index (χ1n) is 5.73. The number of aryl methyl sites for hydroxylation is 1. The molecule has 0 aliphatic rings. The summed E-state index contributed by atoms with van der Waals surface area (Å²) in [5, 5.41) is 16.9. The highest BCUT2D eigenvalue weighted by atomic mass is 32.1. The molecule has 20 heavy (non-hydrogen) atoms. The molecule has 0 aromatic carbocycles. The number of nitrogens with two attached hydrogens (primary N) is 1. The highest BCUT2D eigenvalue weighted by molar-refractivity contribution is 7.09. The van der Waals surface area contributed by atoms with Crippen molar-refractivity contribution in [3.63, 3.8) is 0 Å². The van der Waals surface area contributed by atoms with Gasteiger partial charge in [-0.15, -0.1) is 11.3 Å². The molecule has 2 aromatic rings. The van der Waals surface area contributed by atoms with Crippen LogP contribution in [0.2, 0.25) is 0 Å². The van der Waals surface area contributed by atoms with E-state index in [1.165, 1.54) is 23.6 Å². The lowest BCUT2D eigenvalue weighted by Crippen LogP contribution is -2.24. The molecule has 4 N–H and O–H groups in total. The third-order valence-corrected chi connectivity index (χ3v) is 3.43. The highest BCUT2D eigenvalue weighted by Crippen LogP contribution is 2.08. The first kappa shape index (κ1) is 13.9. The Bertz CT molecular complexity index is 636. The van der Waals surface area contributed by atoms with Crippen LogP contribution in [0.5, 0.6) is 0 Å². The van der Waals surface area contributed by atoms with Gasteiger partial charge < -0.3 is 16.3 Å². The maximum atomic E-state index is 11.9. The van der Waals surface area contributed by atoms with Crippen LogP contribution in [0.15, 0.2) is 28.9 Å². The van der Waals surface area contributed by atoms with Crippen molar-refractivity contribution < 1.29 is 10.0 Å². The minimum atomic E-state index is -0.302. The molecule has 0 radical (unpaired) electrons. The monoisotopic (exact) mass is 291 g/mol. The Balaban J connectivity index is 1.99. The van der Waals surface area contributed by atoms with Crippen molar-refractivity contribution in [2.45, 2.75) is 13.5 Å². The smallest absolute Gasteiger partial charge is 0.270 e. The predicted molar refractivity (Wildman–Crippen MR) is 74.8 cm³/mol. The molecule has 2 aromatic heterocycles. The molecule has 0 aliphatic heterocycles. The van der Waals surface area contributed by atoms with Crippen molar-refractivity contribution in [1.29, 1.82) is 0 Å². The number of nitrogens with zero attached hydrogens (tertiary/aromatic N) is 3. The van der Waals surface area contributed by atoms with Crippen molar-refractivity contribution in [2.24, 2.45) is 10.9 Å². The van der Waals surface area contributed by atoms with Crippen LogP contribution in [0.3, 0.4) is 0 Å². The second-order valence-electron chi connectivity index (χ2n) is 3.98. The van der Waals surface area contributed by atoms with E-state index in [1.54, 1.807) is 6.07 Å². The van der Waals surface area contributed by atoms with Crippen LogP contribution in [0.25, 0.3) is 0 Å². The topological polar surface area (TPSA) is 113 Å². The third-order valence-electron chi connectivity index (χ3n) is 2.47. The summed E-state index contributed by atoms with van der Waals surface area (Å²) in [5.41, 5.74) is 7.04. The second-order valence-corrected chi connectivity index (χ2v) is 4.93. The summed E-state index contributed by atoms with van der Waals surface area (Å²) in [6, 6.07) is 3.07. The number of thiazole rings is 1. The Morgan fingerprint density at radius 2 is 2.35 bits per heavy atom. The average Bonchev–Trinajstić information content (AvgIpc) is 2.89.